The Morgan fingerprint density at radius 1 is 1.47 bits per heavy atom. The van der Waals surface area contributed by atoms with E-state index in [0.29, 0.717) is 12.2 Å². The number of hydrogen-bond donors (Lipinski definition) is 2. The summed E-state index contributed by atoms with van der Waals surface area (Å²) in [5, 5.41) is 0. The van der Waals surface area contributed by atoms with Gasteiger partial charge < -0.3 is 5.73 Å². The van der Waals surface area contributed by atoms with Gasteiger partial charge in [0.25, 0.3) is 0 Å². The Labute approximate surface area is 122 Å². The molecule has 0 saturated heterocycles. The van der Waals surface area contributed by atoms with Crippen LogP contribution in [0.5, 0.6) is 0 Å². The third-order valence-corrected chi connectivity index (χ3v) is 5.52. The van der Waals surface area contributed by atoms with Crippen LogP contribution in [0.15, 0.2) is 21.5 Å². The number of sulfonamides is 1. The average molecular weight is 373 g/mol. The Kier molecular flexibility index (Phi) is 5.90. The van der Waals surface area contributed by atoms with E-state index in [1.54, 1.807) is 6.26 Å². The van der Waals surface area contributed by atoms with Crippen molar-refractivity contribution in [2.45, 2.75) is 11.3 Å². The van der Waals surface area contributed by atoms with Crippen molar-refractivity contribution in [3.63, 3.8) is 0 Å². The first-order valence-corrected chi connectivity index (χ1v) is 9.28. The molecule has 1 rings (SSSR count). The molecule has 5 nitrogen and oxygen atoms in total. The Morgan fingerprint density at radius 3 is 2.68 bits per heavy atom. The van der Waals surface area contributed by atoms with Crippen LogP contribution in [-0.2, 0) is 20.8 Å². The second-order valence-corrected chi connectivity index (χ2v) is 7.98. The lowest BCUT2D eigenvalue weighted by Crippen LogP contribution is -2.26. The minimum Gasteiger partial charge on any atom is -0.396 e. The lowest BCUT2D eigenvalue weighted by atomic mass is 10.3. The molecular weight excluding hydrogens is 359 g/mol. The molecule has 1 atom stereocenters. The van der Waals surface area contributed by atoms with Crippen LogP contribution in [0.4, 0.5) is 10.1 Å². The Morgan fingerprint density at radius 2 is 2.11 bits per heavy atom. The minimum absolute atomic E-state index is 0.103. The number of rotatable bonds is 6. The van der Waals surface area contributed by atoms with E-state index < -0.39 is 26.6 Å². The Balaban J connectivity index is 2.83. The van der Waals surface area contributed by atoms with E-state index in [-0.39, 0.29) is 21.6 Å². The van der Waals surface area contributed by atoms with E-state index >= 15 is 0 Å². The van der Waals surface area contributed by atoms with Crippen molar-refractivity contribution in [2.75, 3.05) is 24.3 Å². The van der Waals surface area contributed by atoms with Crippen LogP contribution in [0.25, 0.3) is 0 Å². The number of benzene rings is 1. The maximum absolute atomic E-state index is 13.1. The number of nitrogens with one attached hydrogen (secondary N) is 1. The summed E-state index contributed by atoms with van der Waals surface area (Å²) >= 11 is 2.99. The van der Waals surface area contributed by atoms with Crippen molar-refractivity contribution < 1.29 is 17.0 Å². The molecule has 0 fully saturated rings. The summed E-state index contributed by atoms with van der Waals surface area (Å²) in [5.41, 5.74) is 5.11. The number of hydrogen-bond acceptors (Lipinski definition) is 4. The molecule has 19 heavy (non-hydrogen) atoms. The van der Waals surface area contributed by atoms with Crippen LogP contribution in [0.2, 0.25) is 0 Å². The molecule has 1 aromatic rings. The first-order chi connectivity index (χ1) is 8.74. The topological polar surface area (TPSA) is 89.3 Å². The molecule has 0 amide bonds. The zero-order valence-corrected chi connectivity index (χ0v) is 13.4. The fourth-order valence-corrected chi connectivity index (χ4v) is 3.98. The first kappa shape index (κ1) is 16.5. The predicted octanol–water partition coefficient (Wildman–Crippen LogP) is 1.22. The largest absolute Gasteiger partial charge is 0.396 e. The summed E-state index contributed by atoms with van der Waals surface area (Å²) in [7, 11) is -4.73. The Bertz CT molecular complexity index is 593. The number of halogens is 2. The van der Waals surface area contributed by atoms with Gasteiger partial charge in [-0.1, -0.05) is 0 Å². The lowest BCUT2D eigenvalue weighted by molar-refractivity contribution is 0.579. The fraction of sp³-hybridized carbons (Fsp3) is 0.400. The normalized spacial score (nSPS) is 13.4. The molecule has 0 radical (unpaired) electrons. The molecule has 3 N–H and O–H groups in total. The highest BCUT2D eigenvalue weighted by Crippen LogP contribution is 2.26. The molecule has 0 aliphatic rings. The highest BCUT2D eigenvalue weighted by molar-refractivity contribution is 9.10. The molecule has 1 aromatic carbocycles. The third kappa shape index (κ3) is 4.83. The van der Waals surface area contributed by atoms with Gasteiger partial charge in [0.15, 0.2) is 0 Å². The van der Waals surface area contributed by atoms with Crippen molar-refractivity contribution >= 4 is 42.4 Å². The zero-order chi connectivity index (χ0) is 14.6. The van der Waals surface area contributed by atoms with Crippen LogP contribution in [0.1, 0.15) is 6.42 Å². The molecule has 0 aliphatic carbocycles. The maximum Gasteiger partial charge on any atom is 0.241 e. The second kappa shape index (κ2) is 6.78. The van der Waals surface area contributed by atoms with Crippen LogP contribution in [0.3, 0.4) is 0 Å². The molecule has 0 aliphatic heterocycles. The van der Waals surface area contributed by atoms with Gasteiger partial charge in [-0.05, 0) is 34.5 Å². The Hall–Kier alpha value is -0.510. The van der Waals surface area contributed by atoms with E-state index in [4.69, 9.17) is 5.73 Å². The number of anilines is 1. The van der Waals surface area contributed by atoms with Crippen LogP contribution in [-0.4, -0.2) is 31.2 Å². The van der Waals surface area contributed by atoms with Crippen molar-refractivity contribution in [2.24, 2.45) is 0 Å². The van der Waals surface area contributed by atoms with Gasteiger partial charge in [-0.25, -0.2) is 17.5 Å². The summed E-state index contributed by atoms with van der Waals surface area (Å²) in [6.07, 6.45) is 2.00. The van der Waals surface area contributed by atoms with Crippen molar-refractivity contribution in [1.82, 2.24) is 4.72 Å². The number of nitrogen functional groups attached to an aromatic ring is 1. The van der Waals surface area contributed by atoms with Crippen molar-refractivity contribution in [3.8, 4) is 0 Å². The molecule has 0 heterocycles. The quantitative estimate of drug-likeness (QED) is 0.580. The van der Waals surface area contributed by atoms with Gasteiger partial charge in [-0.2, -0.15) is 0 Å². The van der Waals surface area contributed by atoms with Gasteiger partial charge in [0.1, 0.15) is 5.82 Å². The monoisotopic (exact) mass is 372 g/mol. The predicted molar refractivity (Wildman–Crippen MR) is 77.3 cm³/mol. The van der Waals surface area contributed by atoms with E-state index in [0.717, 1.165) is 12.1 Å². The summed E-state index contributed by atoms with van der Waals surface area (Å²) < 4.78 is 50.4. The van der Waals surface area contributed by atoms with Gasteiger partial charge in [0.05, 0.1) is 10.6 Å². The van der Waals surface area contributed by atoms with Crippen LogP contribution >= 0.6 is 15.9 Å². The summed E-state index contributed by atoms with van der Waals surface area (Å²) in [4.78, 5) is -0.121. The highest BCUT2D eigenvalue weighted by atomic mass is 79.9. The molecule has 108 valence electrons. The molecule has 0 bridgehead atoms. The van der Waals surface area contributed by atoms with Gasteiger partial charge in [0.2, 0.25) is 10.0 Å². The molecule has 9 heteroatoms. The first-order valence-electron chi connectivity index (χ1n) is 5.28. The minimum atomic E-state index is -3.77. The third-order valence-electron chi connectivity index (χ3n) is 2.24. The van der Waals surface area contributed by atoms with Gasteiger partial charge in [-0.3, -0.25) is 4.21 Å². The molecule has 0 spiro atoms. The number of nitrogens with two attached hydrogens (primary N) is 1. The van der Waals surface area contributed by atoms with Gasteiger partial charge in [0, 0.05) is 33.8 Å². The van der Waals surface area contributed by atoms with Gasteiger partial charge in [-0.15, -0.1) is 0 Å². The molecular formula is C10H14BrFN2O3S2. The van der Waals surface area contributed by atoms with E-state index in [1.165, 1.54) is 0 Å². The lowest BCUT2D eigenvalue weighted by Gasteiger charge is -2.09. The average Bonchev–Trinajstić information content (AvgIpc) is 2.29. The van der Waals surface area contributed by atoms with Crippen LogP contribution < -0.4 is 10.5 Å². The van der Waals surface area contributed by atoms with E-state index in [2.05, 4.69) is 20.7 Å². The van der Waals surface area contributed by atoms with E-state index in [9.17, 15) is 17.0 Å². The standard InChI is InChI=1S/C10H14BrFN2O3S2/c1-18(15)4-2-3-14-19(16,17)10-6-9(13)8(12)5-7(10)11/h5-6,14H,2-4,13H2,1H3. The highest BCUT2D eigenvalue weighted by Gasteiger charge is 2.19. The zero-order valence-electron chi connectivity index (χ0n) is 10.2. The smallest absolute Gasteiger partial charge is 0.241 e. The summed E-state index contributed by atoms with van der Waals surface area (Å²) in [5.74, 6) is -0.276. The van der Waals surface area contributed by atoms with Crippen molar-refractivity contribution in [1.29, 1.82) is 0 Å². The van der Waals surface area contributed by atoms with E-state index in [1.807, 2.05) is 0 Å². The molecule has 1 unspecified atom stereocenters. The van der Waals surface area contributed by atoms with Crippen molar-refractivity contribution in [3.05, 3.63) is 22.4 Å². The molecule has 0 aromatic heterocycles. The fourth-order valence-electron chi connectivity index (χ4n) is 1.31. The van der Waals surface area contributed by atoms with Crippen LogP contribution in [0, 0.1) is 5.82 Å². The summed E-state index contributed by atoms with van der Waals surface area (Å²) in [6.45, 7) is 0.158. The molecule has 0 saturated carbocycles. The second-order valence-electron chi connectivity index (χ2n) is 3.83. The SMILES string of the molecule is CS(=O)CCCNS(=O)(=O)c1cc(N)c(F)cc1Br. The summed E-state index contributed by atoms with van der Waals surface area (Å²) in [6, 6.07) is 2.06. The van der Waals surface area contributed by atoms with Gasteiger partial charge >= 0.3 is 0 Å². The maximum atomic E-state index is 13.1.